The van der Waals surface area contributed by atoms with Crippen LogP contribution in [0.3, 0.4) is 0 Å². The van der Waals surface area contributed by atoms with Gasteiger partial charge in [-0.2, -0.15) is 0 Å². The van der Waals surface area contributed by atoms with Crippen LogP contribution < -0.4 is 10.4 Å². The van der Waals surface area contributed by atoms with Crippen molar-refractivity contribution in [3.63, 3.8) is 0 Å². The summed E-state index contributed by atoms with van der Waals surface area (Å²) in [7, 11) is 0. The molecule has 30 heavy (non-hydrogen) atoms. The Hall–Kier alpha value is -3.61. The first-order valence-electron chi connectivity index (χ1n) is 9.45. The quantitative estimate of drug-likeness (QED) is 0.479. The number of fused-ring (bicyclic) bond motifs is 3. The van der Waals surface area contributed by atoms with Crippen LogP contribution in [0, 0.1) is 0 Å². The molecule has 0 N–H and O–H groups in total. The molecule has 0 amide bonds. The number of benzene rings is 2. The molecule has 1 aromatic heterocycles. The molecule has 1 aliphatic rings. The maximum Gasteiger partial charge on any atom is 0.338 e. The summed E-state index contributed by atoms with van der Waals surface area (Å²) < 4.78 is 22.8. The second kappa shape index (κ2) is 7.33. The lowest BCUT2D eigenvalue weighted by Crippen LogP contribution is -2.46. The minimum Gasteiger partial charge on any atom is -0.481 e. The third-order valence-electron chi connectivity index (χ3n) is 4.94. The van der Waals surface area contributed by atoms with Crippen molar-refractivity contribution in [2.24, 2.45) is 0 Å². The van der Waals surface area contributed by atoms with E-state index in [1.807, 2.05) is 0 Å². The Morgan fingerprint density at radius 2 is 1.70 bits per heavy atom. The summed E-state index contributed by atoms with van der Waals surface area (Å²) in [5.41, 5.74) is -0.608. The van der Waals surface area contributed by atoms with Crippen molar-refractivity contribution in [2.75, 3.05) is 0 Å². The van der Waals surface area contributed by atoms with Crippen molar-refractivity contribution >= 4 is 22.9 Å². The fourth-order valence-corrected chi connectivity index (χ4v) is 3.67. The molecule has 0 spiro atoms. The van der Waals surface area contributed by atoms with E-state index in [-0.39, 0.29) is 5.58 Å². The third-order valence-corrected chi connectivity index (χ3v) is 4.94. The monoisotopic (exact) mass is 408 g/mol. The van der Waals surface area contributed by atoms with Crippen molar-refractivity contribution in [1.82, 2.24) is 0 Å². The van der Waals surface area contributed by atoms with Crippen molar-refractivity contribution in [2.45, 2.75) is 38.6 Å². The average molecular weight is 408 g/mol. The molecule has 0 saturated carbocycles. The standard InChI is InChI=1S/C23H20O7/c1-13(24)30-23(2,3)21-20(29-22(26)15-7-5-4-6-8-15)18-16(27-21)11-9-14-10-12-17(25)28-19(14)18/h4-12,20-21H,1-3H3. The lowest BCUT2D eigenvalue weighted by molar-refractivity contribution is -0.168. The van der Waals surface area contributed by atoms with Crippen LogP contribution in [-0.4, -0.2) is 23.6 Å². The molecule has 0 bridgehead atoms. The largest absolute Gasteiger partial charge is 0.481 e. The number of carbonyl (C=O) groups excluding carboxylic acids is 2. The SMILES string of the molecule is CC(=O)OC(C)(C)C1Oc2ccc3ccc(=O)oc3c2C1OC(=O)c1ccccc1. The van der Waals surface area contributed by atoms with E-state index in [1.54, 1.807) is 62.4 Å². The van der Waals surface area contributed by atoms with Gasteiger partial charge in [0.15, 0.2) is 12.2 Å². The molecule has 7 nitrogen and oxygen atoms in total. The Balaban J connectivity index is 1.83. The zero-order valence-corrected chi connectivity index (χ0v) is 16.7. The lowest BCUT2D eigenvalue weighted by atomic mass is 9.93. The van der Waals surface area contributed by atoms with Crippen LogP contribution in [0.4, 0.5) is 0 Å². The zero-order valence-electron chi connectivity index (χ0n) is 16.7. The average Bonchev–Trinajstić information content (AvgIpc) is 3.07. The fourth-order valence-electron chi connectivity index (χ4n) is 3.67. The molecular weight excluding hydrogens is 388 g/mol. The van der Waals surface area contributed by atoms with E-state index in [9.17, 15) is 14.4 Å². The predicted molar refractivity (Wildman–Crippen MR) is 107 cm³/mol. The molecule has 154 valence electrons. The molecule has 2 unspecified atom stereocenters. The van der Waals surface area contributed by atoms with Crippen LogP contribution in [0.5, 0.6) is 5.75 Å². The van der Waals surface area contributed by atoms with Crippen molar-refractivity contribution < 1.29 is 28.2 Å². The molecule has 0 radical (unpaired) electrons. The first-order chi connectivity index (χ1) is 14.3. The van der Waals surface area contributed by atoms with Crippen molar-refractivity contribution in [3.8, 4) is 5.75 Å². The van der Waals surface area contributed by atoms with Gasteiger partial charge in [0.2, 0.25) is 0 Å². The van der Waals surface area contributed by atoms with Gasteiger partial charge >= 0.3 is 17.6 Å². The topological polar surface area (TPSA) is 92.0 Å². The second-order valence-corrected chi connectivity index (χ2v) is 7.58. The summed E-state index contributed by atoms with van der Waals surface area (Å²) >= 11 is 0. The number of rotatable bonds is 4. The highest BCUT2D eigenvalue weighted by atomic mass is 16.6. The van der Waals surface area contributed by atoms with Gasteiger partial charge in [-0.1, -0.05) is 18.2 Å². The van der Waals surface area contributed by atoms with Crippen LogP contribution in [0.1, 0.15) is 42.8 Å². The fraction of sp³-hybridized carbons (Fsp3) is 0.261. The minimum absolute atomic E-state index is 0.270. The molecule has 4 rings (SSSR count). The molecule has 2 heterocycles. The highest BCUT2D eigenvalue weighted by molar-refractivity contribution is 5.90. The highest BCUT2D eigenvalue weighted by Crippen LogP contribution is 2.47. The van der Waals surface area contributed by atoms with Gasteiger partial charge in [-0.25, -0.2) is 9.59 Å². The Kier molecular flexibility index (Phi) is 4.81. The van der Waals surface area contributed by atoms with Crippen LogP contribution in [0.15, 0.2) is 63.8 Å². The first-order valence-corrected chi connectivity index (χ1v) is 9.45. The van der Waals surface area contributed by atoms with Crippen LogP contribution in [0.2, 0.25) is 0 Å². The van der Waals surface area contributed by atoms with Gasteiger partial charge in [-0.3, -0.25) is 4.79 Å². The second-order valence-electron chi connectivity index (χ2n) is 7.58. The third kappa shape index (κ3) is 3.54. The number of ether oxygens (including phenoxy) is 3. The minimum atomic E-state index is -1.13. The van der Waals surface area contributed by atoms with E-state index in [4.69, 9.17) is 18.6 Å². The van der Waals surface area contributed by atoms with E-state index >= 15 is 0 Å². The van der Waals surface area contributed by atoms with Gasteiger partial charge in [-0.15, -0.1) is 0 Å². The Bertz CT molecular complexity index is 1180. The summed E-state index contributed by atoms with van der Waals surface area (Å²) in [5.74, 6) is -0.673. The molecule has 2 atom stereocenters. The molecule has 0 saturated heterocycles. The molecule has 3 aromatic rings. The predicted octanol–water partition coefficient (Wildman–Crippen LogP) is 3.79. The summed E-state index contributed by atoms with van der Waals surface area (Å²) in [4.78, 5) is 36.4. The van der Waals surface area contributed by atoms with E-state index < -0.39 is 35.4 Å². The van der Waals surface area contributed by atoms with Crippen molar-refractivity contribution in [1.29, 1.82) is 0 Å². The normalized spacial score (nSPS) is 17.8. The van der Waals surface area contributed by atoms with E-state index in [0.717, 1.165) is 0 Å². The maximum atomic E-state index is 12.8. The van der Waals surface area contributed by atoms with Gasteiger partial charge in [-0.05, 0) is 44.2 Å². The van der Waals surface area contributed by atoms with Crippen LogP contribution in [0.25, 0.3) is 11.0 Å². The molecular formula is C23H20O7. The zero-order chi connectivity index (χ0) is 21.5. The number of esters is 2. The molecule has 2 aromatic carbocycles. The number of carbonyl (C=O) groups is 2. The van der Waals surface area contributed by atoms with Gasteiger partial charge < -0.3 is 18.6 Å². The smallest absolute Gasteiger partial charge is 0.338 e. The summed E-state index contributed by atoms with van der Waals surface area (Å²) in [6.45, 7) is 4.64. The molecule has 0 aliphatic carbocycles. The Labute approximate surface area is 172 Å². The summed E-state index contributed by atoms with van der Waals surface area (Å²) in [6, 6.07) is 14.9. The number of hydrogen-bond acceptors (Lipinski definition) is 7. The maximum absolute atomic E-state index is 12.8. The lowest BCUT2D eigenvalue weighted by Gasteiger charge is -2.33. The van der Waals surface area contributed by atoms with Crippen molar-refractivity contribution in [3.05, 3.63) is 76.1 Å². The van der Waals surface area contributed by atoms with Gasteiger partial charge in [0.1, 0.15) is 16.9 Å². The molecule has 0 fully saturated rings. The van der Waals surface area contributed by atoms with E-state index in [2.05, 4.69) is 0 Å². The van der Waals surface area contributed by atoms with Gasteiger partial charge in [0.05, 0.1) is 11.1 Å². The molecule has 1 aliphatic heterocycles. The highest BCUT2D eigenvalue weighted by Gasteiger charge is 2.50. The van der Waals surface area contributed by atoms with Crippen LogP contribution in [-0.2, 0) is 14.3 Å². The summed E-state index contributed by atoms with van der Waals surface area (Å²) in [5, 5.41) is 0.656. The van der Waals surface area contributed by atoms with Crippen LogP contribution >= 0.6 is 0 Å². The van der Waals surface area contributed by atoms with Gasteiger partial charge in [0, 0.05) is 18.4 Å². The van der Waals surface area contributed by atoms with E-state index in [0.29, 0.717) is 22.3 Å². The van der Waals surface area contributed by atoms with E-state index in [1.165, 1.54) is 13.0 Å². The molecule has 7 heteroatoms. The number of hydrogen-bond donors (Lipinski definition) is 0. The first kappa shape index (κ1) is 19.7. The Morgan fingerprint density at radius 1 is 1.00 bits per heavy atom. The summed E-state index contributed by atoms with van der Waals surface area (Å²) in [6.07, 6.45) is -1.81. The van der Waals surface area contributed by atoms with Gasteiger partial charge in [0.25, 0.3) is 0 Å². The Morgan fingerprint density at radius 3 is 2.40 bits per heavy atom.